The lowest BCUT2D eigenvalue weighted by Crippen LogP contribution is -2.41. The number of carbonyl (C=O) groups excluding carboxylic acids is 1. The van der Waals surface area contributed by atoms with Gasteiger partial charge in [-0.25, -0.2) is 4.79 Å². The number of carbonyl (C=O) groups is 2. The monoisotopic (exact) mass is 345 g/mol. The van der Waals surface area contributed by atoms with Crippen molar-refractivity contribution in [1.82, 2.24) is 5.32 Å². The number of amides is 1. The van der Waals surface area contributed by atoms with Gasteiger partial charge in [-0.05, 0) is 44.8 Å². The minimum Gasteiger partial charge on any atom is -0.478 e. The van der Waals surface area contributed by atoms with Crippen LogP contribution in [0.3, 0.4) is 0 Å². The molecule has 0 radical (unpaired) electrons. The van der Waals surface area contributed by atoms with Crippen LogP contribution in [0, 0.1) is 0 Å². The van der Waals surface area contributed by atoms with Crippen molar-refractivity contribution in [3.05, 3.63) is 40.9 Å². The molecule has 0 spiro atoms. The number of carboxylic acids is 1. The van der Waals surface area contributed by atoms with E-state index in [-0.39, 0.29) is 18.0 Å². The van der Waals surface area contributed by atoms with Gasteiger partial charge in [-0.15, -0.1) is 0 Å². The summed E-state index contributed by atoms with van der Waals surface area (Å²) in [6.07, 6.45) is 1.71. The van der Waals surface area contributed by atoms with E-state index in [1.54, 1.807) is 24.3 Å². The Bertz CT molecular complexity index is 695. The van der Waals surface area contributed by atoms with E-state index in [1.807, 2.05) is 27.7 Å². The van der Waals surface area contributed by atoms with E-state index in [2.05, 4.69) is 5.32 Å². The summed E-state index contributed by atoms with van der Waals surface area (Å²) in [6.45, 7) is 9.39. The summed E-state index contributed by atoms with van der Waals surface area (Å²) in [4.78, 5) is 22.8. The van der Waals surface area contributed by atoms with Gasteiger partial charge >= 0.3 is 13.1 Å². The first-order valence-electron chi connectivity index (χ1n) is 8.16. The highest BCUT2D eigenvalue weighted by Gasteiger charge is 2.52. The van der Waals surface area contributed by atoms with Crippen LogP contribution in [0.1, 0.15) is 50.5 Å². The molecule has 1 aliphatic rings. The smallest absolute Gasteiger partial charge is 0.478 e. The number of nitrogens with one attached hydrogen (secondary N) is 1. The minimum absolute atomic E-state index is 0.180. The molecule has 0 aliphatic carbocycles. The highest BCUT2D eigenvalue weighted by atomic mass is 16.7. The zero-order chi connectivity index (χ0) is 18.8. The molecule has 0 saturated carbocycles. The van der Waals surface area contributed by atoms with Crippen molar-refractivity contribution in [1.29, 1.82) is 0 Å². The molecule has 1 heterocycles. The topological polar surface area (TPSA) is 84.9 Å². The van der Waals surface area contributed by atoms with Crippen molar-refractivity contribution in [2.24, 2.45) is 0 Å². The Morgan fingerprint density at radius 2 is 1.72 bits per heavy atom. The average molecular weight is 345 g/mol. The van der Waals surface area contributed by atoms with E-state index < -0.39 is 24.3 Å². The molecule has 0 bridgehead atoms. The van der Waals surface area contributed by atoms with Gasteiger partial charge in [-0.2, -0.15) is 0 Å². The molecule has 0 unspecified atom stereocenters. The number of hydrogen-bond acceptors (Lipinski definition) is 4. The third kappa shape index (κ3) is 4.30. The Balaban J connectivity index is 2.41. The molecule has 6 nitrogen and oxygen atoms in total. The second kappa shape index (κ2) is 7.02. The lowest BCUT2D eigenvalue weighted by molar-refractivity contribution is -0.118. The lowest BCUT2D eigenvalue weighted by atomic mass is 9.76. The molecular weight excluding hydrogens is 321 g/mol. The molecule has 0 atom stereocenters. The van der Waals surface area contributed by atoms with Gasteiger partial charge < -0.3 is 19.7 Å². The Kier molecular flexibility index (Phi) is 5.39. The molecule has 2 N–H and O–H groups in total. The molecule has 1 aromatic rings. The molecule has 2 rings (SSSR count). The maximum Gasteiger partial charge on any atom is 0.492 e. The first-order valence-corrected chi connectivity index (χ1v) is 8.16. The van der Waals surface area contributed by atoms with E-state index in [0.29, 0.717) is 11.0 Å². The van der Waals surface area contributed by atoms with Gasteiger partial charge in [0.2, 0.25) is 5.91 Å². The largest absolute Gasteiger partial charge is 0.492 e. The quantitative estimate of drug-likeness (QED) is 0.801. The van der Waals surface area contributed by atoms with Gasteiger partial charge in [0.05, 0.1) is 16.8 Å². The van der Waals surface area contributed by atoms with Crippen LogP contribution in [-0.2, 0) is 14.1 Å². The van der Waals surface area contributed by atoms with Crippen molar-refractivity contribution in [3.8, 4) is 0 Å². The van der Waals surface area contributed by atoms with Crippen molar-refractivity contribution in [2.45, 2.75) is 45.8 Å². The number of aromatic carboxylic acids is 1. The molecule has 1 aliphatic heterocycles. The molecular formula is C18H24BNO5. The Hall–Kier alpha value is -2.12. The summed E-state index contributed by atoms with van der Waals surface area (Å²) in [5.74, 6) is -1.20. The molecule has 7 heteroatoms. The van der Waals surface area contributed by atoms with Crippen LogP contribution in [0.5, 0.6) is 0 Å². The Labute approximate surface area is 148 Å². The molecule has 1 amide bonds. The number of benzene rings is 1. The fraction of sp³-hybridized carbons (Fsp3) is 0.444. The lowest BCUT2D eigenvalue weighted by Gasteiger charge is -2.32. The highest BCUT2D eigenvalue weighted by Crippen LogP contribution is 2.38. The summed E-state index contributed by atoms with van der Waals surface area (Å²) in [6, 6.07) is 6.68. The first-order chi connectivity index (χ1) is 11.5. The van der Waals surface area contributed by atoms with Crippen LogP contribution in [0.25, 0.3) is 6.08 Å². The standard InChI is InChI=1S/C18H24BNO5/c1-12(21)20-11-14(19-24-17(2,3)18(4,5)25-19)10-13-8-6-7-9-15(13)16(22)23/h6-10H,11H2,1-5H3,(H,20,21)(H,22,23). The molecule has 0 aromatic heterocycles. The Morgan fingerprint density at radius 1 is 1.16 bits per heavy atom. The van der Waals surface area contributed by atoms with Crippen molar-refractivity contribution < 1.29 is 24.0 Å². The van der Waals surface area contributed by atoms with Crippen molar-refractivity contribution in [2.75, 3.05) is 6.54 Å². The van der Waals surface area contributed by atoms with Crippen LogP contribution < -0.4 is 5.32 Å². The molecule has 134 valence electrons. The fourth-order valence-electron chi connectivity index (χ4n) is 2.44. The molecule has 1 aromatic carbocycles. The van der Waals surface area contributed by atoms with Crippen LogP contribution in [-0.4, -0.2) is 41.8 Å². The van der Waals surface area contributed by atoms with Crippen LogP contribution in [0.4, 0.5) is 0 Å². The number of hydrogen-bond donors (Lipinski definition) is 2. The second-order valence-corrected chi connectivity index (χ2v) is 7.11. The van der Waals surface area contributed by atoms with Crippen LogP contribution in [0.15, 0.2) is 29.7 Å². The third-order valence-corrected chi connectivity index (χ3v) is 4.63. The van der Waals surface area contributed by atoms with E-state index >= 15 is 0 Å². The van der Waals surface area contributed by atoms with Gasteiger partial charge in [0, 0.05) is 13.5 Å². The summed E-state index contributed by atoms with van der Waals surface area (Å²) in [5.41, 5.74) is 0.311. The average Bonchev–Trinajstić information content (AvgIpc) is 2.71. The molecule has 1 saturated heterocycles. The highest BCUT2D eigenvalue weighted by molar-refractivity contribution is 6.56. The third-order valence-electron chi connectivity index (χ3n) is 4.63. The molecule has 1 fully saturated rings. The van der Waals surface area contributed by atoms with Crippen LogP contribution >= 0.6 is 0 Å². The van der Waals surface area contributed by atoms with Gasteiger partial charge in [0.15, 0.2) is 0 Å². The van der Waals surface area contributed by atoms with Gasteiger partial charge in [-0.1, -0.05) is 24.3 Å². The second-order valence-electron chi connectivity index (χ2n) is 7.11. The van der Waals surface area contributed by atoms with E-state index in [4.69, 9.17) is 9.31 Å². The summed E-state index contributed by atoms with van der Waals surface area (Å²) >= 11 is 0. The zero-order valence-corrected chi connectivity index (χ0v) is 15.3. The predicted molar refractivity (Wildman–Crippen MR) is 96.1 cm³/mol. The number of carboxylic acid groups (broad SMARTS) is 1. The summed E-state index contributed by atoms with van der Waals surface area (Å²) < 4.78 is 12.1. The first kappa shape index (κ1) is 19.2. The van der Waals surface area contributed by atoms with Gasteiger partial charge in [0.25, 0.3) is 0 Å². The maximum atomic E-state index is 11.4. The fourth-order valence-corrected chi connectivity index (χ4v) is 2.44. The van der Waals surface area contributed by atoms with Crippen molar-refractivity contribution >= 4 is 25.1 Å². The Morgan fingerprint density at radius 3 is 2.24 bits per heavy atom. The minimum atomic E-state index is -1.01. The zero-order valence-electron chi connectivity index (χ0n) is 15.3. The normalized spacial score (nSPS) is 18.9. The summed E-state index contributed by atoms with van der Waals surface area (Å²) in [7, 11) is -0.668. The number of rotatable bonds is 5. The maximum absolute atomic E-state index is 11.4. The predicted octanol–water partition coefficient (Wildman–Crippen LogP) is 2.54. The van der Waals surface area contributed by atoms with E-state index in [0.717, 1.165) is 0 Å². The van der Waals surface area contributed by atoms with Gasteiger partial charge in [-0.3, -0.25) is 4.79 Å². The SMILES string of the molecule is CC(=O)NCC(=Cc1ccccc1C(=O)O)B1OC(C)(C)C(C)(C)O1. The summed E-state index contributed by atoms with van der Waals surface area (Å²) in [5, 5.41) is 12.1. The van der Waals surface area contributed by atoms with Crippen molar-refractivity contribution in [3.63, 3.8) is 0 Å². The van der Waals surface area contributed by atoms with E-state index in [1.165, 1.54) is 13.0 Å². The van der Waals surface area contributed by atoms with Crippen LogP contribution in [0.2, 0.25) is 0 Å². The van der Waals surface area contributed by atoms with E-state index in [9.17, 15) is 14.7 Å². The van der Waals surface area contributed by atoms with Gasteiger partial charge in [0.1, 0.15) is 0 Å². The molecule has 25 heavy (non-hydrogen) atoms.